The van der Waals surface area contributed by atoms with Gasteiger partial charge in [-0.25, -0.2) is 0 Å². The van der Waals surface area contributed by atoms with Crippen LogP contribution < -0.4 is 10.5 Å². The summed E-state index contributed by atoms with van der Waals surface area (Å²) < 4.78 is 5.44. The summed E-state index contributed by atoms with van der Waals surface area (Å²) in [7, 11) is 0. The number of carbonyl (C=O) groups is 1. The van der Waals surface area contributed by atoms with E-state index in [1.54, 1.807) is 0 Å². The average molecular weight is 223 g/mol. The summed E-state index contributed by atoms with van der Waals surface area (Å²) in [4.78, 5) is 10.6. The Morgan fingerprint density at radius 1 is 1.50 bits per heavy atom. The number of rotatable bonds is 6. The zero-order valence-corrected chi connectivity index (χ0v) is 9.35. The SMILES string of the molecule is CCOc1ccccc1CCC(N)C(=O)O. The molecule has 0 amide bonds. The van der Waals surface area contributed by atoms with Crippen molar-refractivity contribution in [3.05, 3.63) is 29.8 Å². The minimum atomic E-state index is -0.964. The van der Waals surface area contributed by atoms with Crippen LogP contribution in [0.5, 0.6) is 5.75 Å². The Labute approximate surface area is 95.0 Å². The first kappa shape index (κ1) is 12.5. The fourth-order valence-electron chi connectivity index (χ4n) is 1.44. The van der Waals surface area contributed by atoms with E-state index in [9.17, 15) is 4.79 Å². The van der Waals surface area contributed by atoms with E-state index in [4.69, 9.17) is 15.6 Å². The van der Waals surface area contributed by atoms with Crippen molar-refractivity contribution in [1.29, 1.82) is 0 Å². The molecule has 1 atom stereocenters. The Balaban J connectivity index is 2.62. The number of aliphatic carboxylic acids is 1. The lowest BCUT2D eigenvalue weighted by atomic mass is 10.0. The highest BCUT2D eigenvalue weighted by molar-refractivity contribution is 5.73. The highest BCUT2D eigenvalue weighted by Crippen LogP contribution is 2.19. The number of ether oxygens (including phenoxy) is 1. The van der Waals surface area contributed by atoms with Crippen LogP contribution in [0.25, 0.3) is 0 Å². The van der Waals surface area contributed by atoms with Crippen LogP contribution in [-0.4, -0.2) is 23.7 Å². The molecule has 0 aromatic heterocycles. The fourth-order valence-corrected chi connectivity index (χ4v) is 1.44. The fraction of sp³-hybridized carbons (Fsp3) is 0.417. The minimum Gasteiger partial charge on any atom is -0.494 e. The lowest BCUT2D eigenvalue weighted by molar-refractivity contribution is -0.138. The van der Waals surface area contributed by atoms with Crippen molar-refractivity contribution in [3.63, 3.8) is 0 Å². The number of para-hydroxylation sites is 1. The molecular weight excluding hydrogens is 206 g/mol. The summed E-state index contributed by atoms with van der Waals surface area (Å²) in [5, 5.41) is 8.68. The number of hydrogen-bond acceptors (Lipinski definition) is 3. The zero-order chi connectivity index (χ0) is 12.0. The molecule has 0 bridgehead atoms. The van der Waals surface area contributed by atoms with Crippen LogP contribution in [0.1, 0.15) is 18.9 Å². The van der Waals surface area contributed by atoms with Crippen LogP contribution in [0, 0.1) is 0 Å². The molecule has 1 aromatic rings. The molecular formula is C12H17NO3. The van der Waals surface area contributed by atoms with Gasteiger partial charge >= 0.3 is 5.97 Å². The van der Waals surface area contributed by atoms with E-state index in [0.717, 1.165) is 11.3 Å². The number of hydrogen-bond donors (Lipinski definition) is 2. The number of nitrogens with two attached hydrogens (primary N) is 1. The third-order valence-corrected chi connectivity index (χ3v) is 2.31. The maximum Gasteiger partial charge on any atom is 0.320 e. The zero-order valence-electron chi connectivity index (χ0n) is 9.35. The second kappa shape index (κ2) is 6.12. The molecule has 3 N–H and O–H groups in total. The Hall–Kier alpha value is -1.55. The predicted octanol–water partition coefficient (Wildman–Crippen LogP) is 1.43. The summed E-state index contributed by atoms with van der Waals surface area (Å²) in [5.74, 6) is -0.156. The molecule has 4 nitrogen and oxygen atoms in total. The number of aryl methyl sites for hydroxylation is 1. The Morgan fingerprint density at radius 2 is 2.19 bits per heavy atom. The first-order valence-corrected chi connectivity index (χ1v) is 5.34. The van der Waals surface area contributed by atoms with Gasteiger partial charge in [0.15, 0.2) is 0 Å². The van der Waals surface area contributed by atoms with Crippen molar-refractivity contribution >= 4 is 5.97 Å². The van der Waals surface area contributed by atoms with Crippen molar-refractivity contribution in [1.82, 2.24) is 0 Å². The maximum absolute atomic E-state index is 10.6. The third-order valence-electron chi connectivity index (χ3n) is 2.31. The summed E-state index contributed by atoms with van der Waals surface area (Å²) in [6.45, 7) is 2.52. The van der Waals surface area contributed by atoms with E-state index in [1.807, 2.05) is 31.2 Å². The van der Waals surface area contributed by atoms with Gasteiger partial charge < -0.3 is 15.6 Å². The quantitative estimate of drug-likeness (QED) is 0.765. The average Bonchev–Trinajstić information content (AvgIpc) is 2.27. The molecule has 0 saturated carbocycles. The van der Waals surface area contributed by atoms with E-state index >= 15 is 0 Å². The van der Waals surface area contributed by atoms with Crippen LogP contribution in [0.3, 0.4) is 0 Å². The number of benzene rings is 1. The third kappa shape index (κ3) is 3.55. The summed E-state index contributed by atoms with van der Waals surface area (Å²) in [6.07, 6.45) is 1.03. The second-order valence-corrected chi connectivity index (χ2v) is 3.52. The predicted molar refractivity (Wildman–Crippen MR) is 61.5 cm³/mol. The van der Waals surface area contributed by atoms with E-state index in [0.29, 0.717) is 19.4 Å². The van der Waals surface area contributed by atoms with Gasteiger partial charge in [0.2, 0.25) is 0 Å². The number of carboxylic acids is 1. The molecule has 0 heterocycles. The number of carboxylic acid groups (broad SMARTS) is 1. The molecule has 0 spiro atoms. The van der Waals surface area contributed by atoms with Crippen molar-refractivity contribution in [2.75, 3.05) is 6.61 Å². The van der Waals surface area contributed by atoms with Crippen LogP contribution in [0.15, 0.2) is 24.3 Å². The van der Waals surface area contributed by atoms with Crippen LogP contribution in [0.2, 0.25) is 0 Å². The van der Waals surface area contributed by atoms with E-state index in [-0.39, 0.29) is 0 Å². The largest absolute Gasteiger partial charge is 0.494 e. The molecule has 0 aliphatic carbocycles. The van der Waals surface area contributed by atoms with Gasteiger partial charge in [-0.2, -0.15) is 0 Å². The lowest BCUT2D eigenvalue weighted by Crippen LogP contribution is -2.30. The summed E-state index contributed by atoms with van der Waals surface area (Å²) in [5.41, 5.74) is 6.45. The van der Waals surface area contributed by atoms with E-state index in [1.165, 1.54) is 0 Å². The normalized spacial score (nSPS) is 12.1. The van der Waals surface area contributed by atoms with Gasteiger partial charge in [0, 0.05) is 0 Å². The van der Waals surface area contributed by atoms with Crippen molar-refractivity contribution in [2.45, 2.75) is 25.8 Å². The molecule has 0 aliphatic rings. The van der Waals surface area contributed by atoms with Gasteiger partial charge in [-0.3, -0.25) is 4.79 Å². The monoisotopic (exact) mass is 223 g/mol. The van der Waals surface area contributed by atoms with Gasteiger partial charge in [-0.1, -0.05) is 18.2 Å². The molecule has 1 rings (SSSR count). The van der Waals surface area contributed by atoms with Crippen LogP contribution in [-0.2, 0) is 11.2 Å². The van der Waals surface area contributed by atoms with Gasteiger partial charge in [0.25, 0.3) is 0 Å². The maximum atomic E-state index is 10.6. The van der Waals surface area contributed by atoms with Gasteiger partial charge in [-0.05, 0) is 31.4 Å². The molecule has 0 saturated heterocycles. The molecule has 1 aromatic carbocycles. The Bertz CT molecular complexity index is 352. The van der Waals surface area contributed by atoms with Gasteiger partial charge in [-0.15, -0.1) is 0 Å². The topological polar surface area (TPSA) is 72.5 Å². The van der Waals surface area contributed by atoms with Crippen LogP contribution in [0.4, 0.5) is 0 Å². The van der Waals surface area contributed by atoms with Crippen LogP contribution >= 0.6 is 0 Å². The molecule has 4 heteroatoms. The summed E-state index contributed by atoms with van der Waals surface area (Å²) in [6, 6.07) is 6.80. The highest BCUT2D eigenvalue weighted by Gasteiger charge is 2.12. The molecule has 1 unspecified atom stereocenters. The van der Waals surface area contributed by atoms with E-state index < -0.39 is 12.0 Å². The van der Waals surface area contributed by atoms with Gasteiger partial charge in [0.1, 0.15) is 11.8 Å². The first-order valence-electron chi connectivity index (χ1n) is 5.34. The summed E-state index contributed by atoms with van der Waals surface area (Å²) >= 11 is 0. The standard InChI is InChI=1S/C12H17NO3/c1-2-16-11-6-4-3-5-9(11)7-8-10(13)12(14)15/h3-6,10H,2,7-8,13H2,1H3,(H,14,15). The second-order valence-electron chi connectivity index (χ2n) is 3.52. The molecule has 0 aliphatic heterocycles. The Kier molecular flexibility index (Phi) is 4.79. The minimum absolute atomic E-state index is 0.416. The smallest absolute Gasteiger partial charge is 0.320 e. The van der Waals surface area contributed by atoms with Crippen molar-refractivity contribution < 1.29 is 14.6 Å². The first-order chi connectivity index (χ1) is 7.65. The molecule has 0 fully saturated rings. The lowest BCUT2D eigenvalue weighted by Gasteiger charge is -2.11. The van der Waals surface area contributed by atoms with Crippen molar-refractivity contribution in [3.8, 4) is 5.75 Å². The molecule has 0 radical (unpaired) electrons. The van der Waals surface area contributed by atoms with Crippen molar-refractivity contribution in [2.24, 2.45) is 5.73 Å². The molecule has 16 heavy (non-hydrogen) atoms. The highest BCUT2D eigenvalue weighted by atomic mass is 16.5. The molecule has 88 valence electrons. The van der Waals surface area contributed by atoms with Gasteiger partial charge in [0.05, 0.1) is 6.61 Å². The Morgan fingerprint density at radius 3 is 2.81 bits per heavy atom. The van der Waals surface area contributed by atoms with E-state index in [2.05, 4.69) is 0 Å².